The molecule has 0 aromatic heterocycles. The van der Waals surface area contributed by atoms with E-state index in [9.17, 15) is 14.7 Å². The molecule has 0 unspecified atom stereocenters. The van der Waals surface area contributed by atoms with Crippen molar-refractivity contribution < 1.29 is 29.8 Å². The number of rotatable bonds is 2. The molecule has 4 rings (SSSR count). The van der Waals surface area contributed by atoms with E-state index in [1.807, 2.05) is 4.90 Å². The summed E-state index contributed by atoms with van der Waals surface area (Å²) in [6.07, 6.45) is 0. The maximum Gasteiger partial charge on any atom is 0.335 e. The van der Waals surface area contributed by atoms with Gasteiger partial charge in [-0.1, -0.05) is 12.1 Å². The number of benzene rings is 1. The molecule has 2 bridgehead atoms. The van der Waals surface area contributed by atoms with E-state index >= 15 is 0 Å². The van der Waals surface area contributed by atoms with Gasteiger partial charge in [0.1, 0.15) is 0 Å². The summed E-state index contributed by atoms with van der Waals surface area (Å²) >= 11 is 0. The van der Waals surface area contributed by atoms with Gasteiger partial charge in [0.2, 0.25) is 0 Å². The van der Waals surface area contributed by atoms with Crippen LogP contribution in [0, 0.1) is 0 Å². The van der Waals surface area contributed by atoms with Gasteiger partial charge in [0, 0.05) is 19.6 Å². The Morgan fingerprint density at radius 3 is 1.62 bits per heavy atom. The fraction of sp³-hybridized carbons (Fsp3) is 0.429. The van der Waals surface area contributed by atoms with E-state index in [0.29, 0.717) is 0 Å². The highest BCUT2D eigenvalue weighted by atomic mass is 16.4. The van der Waals surface area contributed by atoms with Crippen LogP contribution in [-0.4, -0.2) is 66.3 Å². The van der Waals surface area contributed by atoms with Crippen molar-refractivity contribution in [3.05, 3.63) is 29.3 Å². The zero-order valence-corrected chi connectivity index (χ0v) is 11.5. The highest BCUT2D eigenvalue weighted by Crippen LogP contribution is 2.13. The van der Waals surface area contributed by atoms with Crippen LogP contribution in [-0.2, 0) is 0 Å². The Morgan fingerprint density at radius 1 is 0.952 bits per heavy atom. The Labute approximate surface area is 122 Å². The molecule has 3 N–H and O–H groups in total. The van der Waals surface area contributed by atoms with Crippen molar-refractivity contribution in [3.8, 4) is 5.75 Å². The van der Waals surface area contributed by atoms with E-state index < -0.39 is 17.7 Å². The molecule has 0 amide bonds. The highest BCUT2D eigenvalue weighted by Gasteiger charge is 2.25. The molecular formula is C14H18N2O5. The van der Waals surface area contributed by atoms with Crippen LogP contribution in [0.2, 0.25) is 0 Å². The molecule has 3 aliphatic heterocycles. The van der Waals surface area contributed by atoms with Gasteiger partial charge in [-0.05, 0) is 6.07 Å². The van der Waals surface area contributed by atoms with E-state index in [1.54, 1.807) is 0 Å². The Morgan fingerprint density at radius 2 is 1.38 bits per heavy atom. The second-order valence-electron chi connectivity index (χ2n) is 5.20. The number of fused-ring (bicyclic) bond motifs is 3. The van der Waals surface area contributed by atoms with E-state index in [2.05, 4.69) is 4.90 Å². The van der Waals surface area contributed by atoms with Crippen LogP contribution < -0.4 is 10.0 Å². The van der Waals surface area contributed by atoms with Crippen LogP contribution in [0.15, 0.2) is 18.2 Å². The summed E-state index contributed by atoms with van der Waals surface area (Å²) < 4.78 is 0. The Bertz CT molecular complexity index is 483. The summed E-state index contributed by atoms with van der Waals surface area (Å²) in [5.41, 5.74) is -0.630. The SMILES string of the molecule is C1C[NH+]2CCN1CC2.O=C(O)c1cc([O-])cc(C(=O)O)c1. The number of nitrogens with zero attached hydrogens (tertiary/aromatic N) is 1. The van der Waals surface area contributed by atoms with Crippen LogP contribution >= 0.6 is 0 Å². The fourth-order valence-electron chi connectivity index (χ4n) is 2.51. The summed E-state index contributed by atoms with van der Waals surface area (Å²) in [4.78, 5) is 25.2. The lowest BCUT2D eigenvalue weighted by molar-refractivity contribution is -0.914. The first-order chi connectivity index (χ1) is 9.95. The van der Waals surface area contributed by atoms with Gasteiger partial charge < -0.3 is 20.2 Å². The molecule has 3 fully saturated rings. The van der Waals surface area contributed by atoms with Gasteiger partial charge in [0.25, 0.3) is 0 Å². The lowest BCUT2D eigenvalue weighted by Crippen LogP contribution is -3.17. The Hall–Kier alpha value is -2.12. The van der Waals surface area contributed by atoms with E-state index in [1.165, 1.54) is 39.3 Å². The lowest BCUT2D eigenvalue weighted by Gasteiger charge is -2.38. The zero-order chi connectivity index (χ0) is 15.4. The molecule has 1 aromatic carbocycles. The maximum absolute atomic E-state index is 10.8. The maximum atomic E-state index is 10.8. The summed E-state index contributed by atoms with van der Waals surface area (Å²) in [5, 5.41) is 27.8. The average molecular weight is 294 g/mol. The molecule has 3 aliphatic rings. The predicted molar refractivity (Wildman–Crippen MR) is 71.8 cm³/mol. The zero-order valence-electron chi connectivity index (χ0n) is 11.5. The second kappa shape index (κ2) is 6.55. The lowest BCUT2D eigenvalue weighted by atomic mass is 10.1. The molecule has 0 radical (unpaired) electrons. The molecule has 0 spiro atoms. The minimum absolute atomic E-state index is 0.315. The van der Waals surface area contributed by atoms with Gasteiger partial charge in [-0.2, -0.15) is 0 Å². The number of hydrogen-bond acceptors (Lipinski definition) is 4. The standard InChI is InChI=1S/C8H6O5.C6H12N2/c9-6-2-4(7(10)11)1-5(3-6)8(12)13;1-2-8-5-3-7(1)4-6-8/h1-3,9H,(H,10,11)(H,12,13);1-6H2. The number of quaternary nitrogens is 1. The van der Waals surface area contributed by atoms with Crippen molar-refractivity contribution in [1.82, 2.24) is 4.90 Å². The normalized spacial score (nSPS) is 23.0. The first-order valence-corrected chi connectivity index (χ1v) is 6.80. The highest BCUT2D eigenvalue weighted by molar-refractivity contribution is 5.94. The number of nitrogens with one attached hydrogen (secondary N) is 1. The molecule has 3 heterocycles. The van der Waals surface area contributed by atoms with Crippen LogP contribution in [0.25, 0.3) is 0 Å². The van der Waals surface area contributed by atoms with Crippen LogP contribution in [0.3, 0.4) is 0 Å². The number of carboxylic acid groups (broad SMARTS) is 2. The third kappa shape index (κ3) is 4.17. The van der Waals surface area contributed by atoms with E-state index in [0.717, 1.165) is 18.2 Å². The number of carboxylic acids is 2. The van der Waals surface area contributed by atoms with Crippen molar-refractivity contribution in [2.75, 3.05) is 39.3 Å². The largest absolute Gasteiger partial charge is 0.872 e. The minimum Gasteiger partial charge on any atom is -0.872 e. The molecular weight excluding hydrogens is 276 g/mol. The number of aromatic carboxylic acids is 2. The number of hydrogen-bond donors (Lipinski definition) is 3. The summed E-state index contributed by atoms with van der Waals surface area (Å²) in [7, 11) is 0. The average Bonchev–Trinajstić information content (AvgIpc) is 2.49. The smallest absolute Gasteiger partial charge is 0.335 e. The van der Waals surface area contributed by atoms with Crippen molar-refractivity contribution in [1.29, 1.82) is 0 Å². The molecule has 0 aliphatic carbocycles. The third-order valence-corrected chi connectivity index (χ3v) is 3.75. The monoisotopic (exact) mass is 294 g/mol. The second-order valence-corrected chi connectivity index (χ2v) is 5.20. The summed E-state index contributed by atoms with van der Waals surface area (Å²) in [6.45, 7) is 8.28. The molecule has 114 valence electrons. The predicted octanol–water partition coefficient (Wildman–Crippen LogP) is -1.64. The molecule has 0 saturated carbocycles. The molecule has 21 heavy (non-hydrogen) atoms. The van der Waals surface area contributed by atoms with Crippen LogP contribution in [0.5, 0.6) is 5.75 Å². The number of carbonyl (C=O) groups is 2. The van der Waals surface area contributed by atoms with E-state index in [-0.39, 0.29) is 11.1 Å². The first-order valence-electron chi connectivity index (χ1n) is 6.80. The molecule has 7 heteroatoms. The van der Waals surface area contributed by atoms with Gasteiger partial charge in [-0.15, -0.1) is 5.75 Å². The summed E-state index contributed by atoms with van der Waals surface area (Å²) in [6, 6.07) is 2.68. The summed E-state index contributed by atoms with van der Waals surface area (Å²) in [5.74, 6) is -3.27. The van der Waals surface area contributed by atoms with Gasteiger partial charge in [-0.25, -0.2) is 9.59 Å². The van der Waals surface area contributed by atoms with Crippen molar-refractivity contribution >= 4 is 11.9 Å². The van der Waals surface area contributed by atoms with Crippen molar-refractivity contribution in [3.63, 3.8) is 0 Å². The van der Waals surface area contributed by atoms with Gasteiger partial charge in [0.15, 0.2) is 0 Å². The minimum atomic E-state index is -1.32. The quantitative estimate of drug-likeness (QED) is 0.604. The van der Waals surface area contributed by atoms with Crippen LogP contribution in [0.1, 0.15) is 20.7 Å². The van der Waals surface area contributed by atoms with Gasteiger partial charge in [-0.3, -0.25) is 4.90 Å². The van der Waals surface area contributed by atoms with Gasteiger partial charge >= 0.3 is 11.9 Å². The Balaban J connectivity index is 0.000000170. The Kier molecular flexibility index (Phi) is 4.77. The molecule has 0 atom stereocenters. The molecule has 7 nitrogen and oxygen atoms in total. The van der Waals surface area contributed by atoms with Gasteiger partial charge in [0.05, 0.1) is 30.8 Å². The van der Waals surface area contributed by atoms with Crippen LogP contribution in [0.4, 0.5) is 0 Å². The van der Waals surface area contributed by atoms with Crippen molar-refractivity contribution in [2.45, 2.75) is 0 Å². The molecule has 3 saturated heterocycles. The molecule has 1 aromatic rings. The topological polar surface area (TPSA) is 105 Å². The van der Waals surface area contributed by atoms with E-state index in [4.69, 9.17) is 10.2 Å². The number of piperazine rings is 3. The first kappa shape index (κ1) is 15.3. The third-order valence-electron chi connectivity index (χ3n) is 3.75. The fourth-order valence-corrected chi connectivity index (χ4v) is 2.51. The van der Waals surface area contributed by atoms with Crippen molar-refractivity contribution in [2.24, 2.45) is 0 Å².